The Hall–Kier alpha value is -2.61. The van der Waals surface area contributed by atoms with Gasteiger partial charge in [-0.15, -0.1) is 0 Å². The van der Waals surface area contributed by atoms with Gasteiger partial charge in [0.15, 0.2) is 0 Å². The maximum absolute atomic E-state index is 14.0. The highest BCUT2D eigenvalue weighted by Crippen LogP contribution is 2.37. The van der Waals surface area contributed by atoms with Gasteiger partial charge in [-0.3, -0.25) is 0 Å². The molecule has 1 fully saturated rings. The van der Waals surface area contributed by atoms with Crippen molar-refractivity contribution in [1.82, 2.24) is 0 Å². The van der Waals surface area contributed by atoms with Crippen molar-refractivity contribution < 1.29 is 22.0 Å². The number of rotatable bonds is 5. The minimum atomic E-state index is -4.81. The van der Waals surface area contributed by atoms with Crippen LogP contribution in [0, 0.1) is 29.4 Å². The number of halogens is 5. The van der Waals surface area contributed by atoms with Crippen molar-refractivity contribution in [3.05, 3.63) is 70.3 Å². The van der Waals surface area contributed by atoms with Crippen LogP contribution in [0.25, 0.3) is 12.2 Å². The molecule has 31 heavy (non-hydrogen) atoms. The van der Waals surface area contributed by atoms with Gasteiger partial charge in [0.2, 0.25) is 0 Å². The molecule has 1 aliphatic rings. The number of hydrogen-bond donors (Lipinski definition) is 0. The van der Waals surface area contributed by atoms with Gasteiger partial charge in [-0.25, -0.2) is 8.78 Å². The van der Waals surface area contributed by atoms with E-state index < -0.39 is 23.4 Å². The number of hydrogen-bond acceptors (Lipinski definition) is 0. The first-order chi connectivity index (χ1) is 14.7. The molecule has 5 heteroatoms. The third-order valence-corrected chi connectivity index (χ3v) is 5.81. The zero-order valence-electron chi connectivity index (χ0n) is 17.4. The van der Waals surface area contributed by atoms with Crippen molar-refractivity contribution in [2.75, 3.05) is 0 Å². The zero-order valence-corrected chi connectivity index (χ0v) is 17.4. The lowest BCUT2D eigenvalue weighted by molar-refractivity contribution is -0.0696. The molecular weight excluding hydrogens is 407 g/mol. The molecule has 164 valence electrons. The SMILES string of the molecule is CCCC1CCC(c2ccc(C=Cc3cc(F)c(C#CC(F)(F)F)c(F)c3)cc2)CC1. The van der Waals surface area contributed by atoms with Gasteiger partial charge in [0.25, 0.3) is 0 Å². The van der Waals surface area contributed by atoms with Crippen molar-refractivity contribution in [2.24, 2.45) is 5.92 Å². The van der Waals surface area contributed by atoms with E-state index in [0.717, 1.165) is 29.5 Å². The Labute approximate surface area is 180 Å². The quantitative estimate of drug-likeness (QED) is 0.254. The topological polar surface area (TPSA) is 0 Å². The smallest absolute Gasteiger partial charge is 0.205 e. The zero-order chi connectivity index (χ0) is 22.4. The van der Waals surface area contributed by atoms with Gasteiger partial charge in [-0.1, -0.05) is 62.1 Å². The van der Waals surface area contributed by atoms with Gasteiger partial charge in [-0.2, -0.15) is 13.2 Å². The summed E-state index contributed by atoms with van der Waals surface area (Å²) in [6.07, 6.45) is 5.97. The maximum atomic E-state index is 14.0. The summed E-state index contributed by atoms with van der Waals surface area (Å²) in [7, 11) is 0. The van der Waals surface area contributed by atoms with Crippen molar-refractivity contribution in [2.45, 2.75) is 57.5 Å². The first-order valence-corrected chi connectivity index (χ1v) is 10.6. The molecule has 0 aromatic heterocycles. The summed E-state index contributed by atoms with van der Waals surface area (Å²) < 4.78 is 64.5. The minimum Gasteiger partial charge on any atom is -0.205 e. The van der Waals surface area contributed by atoms with Crippen LogP contribution in [0.1, 0.15) is 73.6 Å². The molecule has 0 atom stereocenters. The predicted octanol–water partition coefficient (Wildman–Crippen LogP) is 8.12. The van der Waals surface area contributed by atoms with E-state index in [1.165, 1.54) is 56.1 Å². The van der Waals surface area contributed by atoms with E-state index in [-0.39, 0.29) is 5.56 Å². The van der Waals surface area contributed by atoms with Crippen LogP contribution in [-0.4, -0.2) is 6.18 Å². The van der Waals surface area contributed by atoms with Crippen LogP contribution in [0.4, 0.5) is 22.0 Å². The van der Waals surface area contributed by atoms with Crippen molar-refractivity contribution in [3.8, 4) is 11.8 Å². The van der Waals surface area contributed by atoms with Crippen LogP contribution < -0.4 is 0 Å². The monoisotopic (exact) mass is 432 g/mol. The van der Waals surface area contributed by atoms with Crippen LogP contribution in [-0.2, 0) is 0 Å². The molecule has 3 rings (SSSR count). The van der Waals surface area contributed by atoms with Crippen LogP contribution in [0.2, 0.25) is 0 Å². The molecule has 1 aliphatic carbocycles. The Bertz CT molecular complexity index is 943. The Morgan fingerprint density at radius 1 is 0.903 bits per heavy atom. The van der Waals surface area contributed by atoms with Crippen LogP contribution in [0.5, 0.6) is 0 Å². The second-order valence-electron chi connectivity index (χ2n) is 8.11. The van der Waals surface area contributed by atoms with E-state index >= 15 is 0 Å². The van der Waals surface area contributed by atoms with E-state index in [2.05, 4.69) is 19.1 Å². The number of benzene rings is 2. The molecule has 0 saturated heterocycles. The van der Waals surface area contributed by atoms with E-state index in [1.54, 1.807) is 6.08 Å². The van der Waals surface area contributed by atoms with E-state index in [4.69, 9.17) is 0 Å². The first kappa shape index (κ1) is 23.1. The molecule has 0 bridgehead atoms. The summed E-state index contributed by atoms with van der Waals surface area (Å²) >= 11 is 0. The van der Waals surface area contributed by atoms with E-state index in [0.29, 0.717) is 5.92 Å². The molecule has 0 heterocycles. The largest absolute Gasteiger partial charge is 0.458 e. The summed E-state index contributed by atoms with van der Waals surface area (Å²) in [6.45, 7) is 2.23. The van der Waals surface area contributed by atoms with Gasteiger partial charge in [0.1, 0.15) is 11.6 Å². The highest BCUT2D eigenvalue weighted by atomic mass is 19.4. The Morgan fingerprint density at radius 3 is 2.03 bits per heavy atom. The lowest BCUT2D eigenvalue weighted by Gasteiger charge is -2.28. The Kier molecular flexibility index (Phi) is 7.54. The molecule has 1 saturated carbocycles. The summed E-state index contributed by atoms with van der Waals surface area (Å²) in [6, 6.07) is 10.1. The lowest BCUT2D eigenvalue weighted by Crippen LogP contribution is -2.13. The molecule has 0 amide bonds. The fourth-order valence-corrected chi connectivity index (χ4v) is 4.21. The van der Waals surface area contributed by atoms with Crippen molar-refractivity contribution >= 4 is 12.2 Å². The predicted molar refractivity (Wildman–Crippen MR) is 114 cm³/mol. The highest BCUT2D eigenvalue weighted by molar-refractivity contribution is 5.70. The van der Waals surface area contributed by atoms with Gasteiger partial charge in [0.05, 0.1) is 5.56 Å². The molecule has 2 aromatic rings. The van der Waals surface area contributed by atoms with Crippen molar-refractivity contribution in [1.29, 1.82) is 0 Å². The van der Waals surface area contributed by atoms with Gasteiger partial charge < -0.3 is 0 Å². The lowest BCUT2D eigenvalue weighted by atomic mass is 9.77. The molecule has 0 aliphatic heterocycles. The van der Waals surface area contributed by atoms with Crippen LogP contribution in [0.3, 0.4) is 0 Å². The van der Waals surface area contributed by atoms with Crippen LogP contribution in [0.15, 0.2) is 36.4 Å². The summed E-state index contributed by atoms with van der Waals surface area (Å²) in [5.41, 5.74) is 1.53. The van der Waals surface area contributed by atoms with Crippen LogP contribution >= 0.6 is 0 Å². The van der Waals surface area contributed by atoms with E-state index in [9.17, 15) is 22.0 Å². The fourth-order valence-electron chi connectivity index (χ4n) is 4.21. The summed E-state index contributed by atoms with van der Waals surface area (Å²) in [5.74, 6) is 1.61. The maximum Gasteiger partial charge on any atom is 0.458 e. The molecule has 0 N–H and O–H groups in total. The van der Waals surface area contributed by atoms with Gasteiger partial charge >= 0.3 is 6.18 Å². The van der Waals surface area contributed by atoms with Crippen molar-refractivity contribution in [3.63, 3.8) is 0 Å². The molecule has 0 radical (unpaired) electrons. The van der Waals surface area contributed by atoms with Gasteiger partial charge in [0, 0.05) is 5.92 Å². The highest BCUT2D eigenvalue weighted by Gasteiger charge is 2.24. The molecule has 0 unspecified atom stereocenters. The molecular formula is C26H25F5. The second kappa shape index (κ2) is 10.1. The molecule has 2 aromatic carbocycles. The minimum absolute atomic E-state index is 0.214. The summed E-state index contributed by atoms with van der Waals surface area (Å²) in [5, 5.41) is 0. The standard InChI is InChI=1S/C26H25F5/c1-2-3-18-6-10-21(11-7-18)22-12-8-19(9-13-22)4-5-20-16-24(27)23(25(28)17-20)14-15-26(29,30)31/h4-5,8-9,12-13,16-18,21H,2-3,6-7,10-11H2,1H3. The molecule has 0 spiro atoms. The first-order valence-electron chi connectivity index (χ1n) is 10.6. The second-order valence-corrected chi connectivity index (χ2v) is 8.11. The third kappa shape index (κ3) is 6.69. The normalized spacial score (nSPS) is 19.3. The third-order valence-electron chi connectivity index (χ3n) is 5.81. The molecule has 0 nitrogen and oxygen atoms in total. The summed E-state index contributed by atoms with van der Waals surface area (Å²) in [4.78, 5) is 0. The van der Waals surface area contributed by atoms with Gasteiger partial charge in [-0.05, 0) is 66.3 Å². The number of alkyl halides is 3. The average molecular weight is 432 g/mol. The van der Waals surface area contributed by atoms with E-state index in [1.807, 2.05) is 12.1 Å². The Balaban J connectivity index is 1.66. The fraction of sp³-hybridized carbons (Fsp3) is 0.385. The average Bonchev–Trinajstić information content (AvgIpc) is 2.72. The Morgan fingerprint density at radius 2 is 1.48 bits per heavy atom.